The van der Waals surface area contributed by atoms with Gasteiger partial charge in [0.1, 0.15) is 5.75 Å². The molecule has 0 atom stereocenters. The van der Waals surface area contributed by atoms with Crippen LogP contribution in [0.15, 0.2) is 66.7 Å². The van der Waals surface area contributed by atoms with Crippen molar-refractivity contribution in [2.24, 2.45) is 0 Å². The third-order valence-electron chi connectivity index (χ3n) is 3.82. The summed E-state index contributed by atoms with van der Waals surface area (Å²) in [7, 11) is 0. The van der Waals surface area contributed by atoms with Crippen LogP contribution in [0.1, 0.15) is 10.4 Å². The Bertz CT molecular complexity index is 1010. The Morgan fingerprint density at radius 3 is 2.44 bits per heavy atom. The van der Waals surface area contributed by atoms with Crippen LogP contribution in [0.3, 0.4) is 0 Å². The molecule has 0 heterocycles. The lowest BCUT2D eigenvalue weighted by Gasteiger charge is -2.08. The summed E-state index contributed by atoms with van der Waals surface area (Å²) >= 11 is 0. The molecule has 0 fully saturated rings. The first-order valence-corrected chi connectivity index (χ1v) is 8.08. The van der Waals surface area contributed by atoms with Gasteiger partial charge < -0.3 is 9.47 Å². The molecular weight excluding hydrogens is 350 g/mol. The summed E-state index contributed by atoms with van der Waals surface area (Å²) in [5, 5.41) is 12.8. The van der Waals surface area contributed by atoms with Gasteiger partial charge in [-0.1, -0.05) is 42.5 Å². The second-order valence-corrected chi connectivity index (χ2v) is 5.69. The van der Waals surface area contributed by atoms with Gasteiger partial charge in [-0.3, -0.25) is 14.9 Å². The van der Waals surface area contributed by atoms with E-state index in [0.29, 0.717) is 5.75 Å². The molecule has 0 aromatic heterocycles. The number of Topliss-reactive ketones (excluding diaryl/α,β-unsaturated/α-hetero) is 1. The van der Waals surface area contributed by atoms with Crippen molar-refractivity contribution >= 4 is 28.2 Å². The number of ketones is 1. The van der Waals surface area contributed by atoms with Crippen LogP contribution in [-0.4, -0.2) is 29.9 Å². The molecule has 0 saturated heterocycles. The van der Waals surface area contributed by atoms with Gasteiger partial charge in [0.15, 0.2) is 13.2 Å². The maximum absolute atomic E-state index is 12.0. The first-order chi connectivity index (χ1) is 13.0. The molecule has 3 rings (SSSR count). The summed E-state index contributed by atoms with van der Waals surface area (Å²) in [6.07, 6.45) is 0. The number of carbonyl (C=O) groups is 2. The molecule has 0 unspecified atom stereocenters. The van der Waals surface area contributed by atoms with E-state index in [1.54, 1.807) is 12.1 Å². The molecular formula is C20H15NO6. The van der Waals surface area contributed by atoms with Crippen LogP contribution in [0.5, 0.6) is 5.75 Å². The van der Waals surface area contributed by atoms with Crippen molar-refractivity contribution in [2.75, 3.05) is 13.2 Å². The minimum Gasteiger partial charge on any atom is -0.482 e. The molecule has 3 aromatic rings. The number of nitrogens with zero attached hydrogens (tertiary/aromatic N) is 1. The molecule has 0 radical (unpaired) electrons. The number of nitro groups is 1. The molecule has 0 amide bonds. The number of nitro benzene ring substituents is 1. The maximum atomic E-state index is 12.0. The quantitative estimate of drug-likeness (QED) is 0.275. The first-order valence-electron chi connectivity index (χ1n) is 8.08. The summed E-state index contributed by atoms with van der Waals surface area (Å²) in [5.74, 6) is -0.727. The molecule has 0 bridgehead atoms. The Hall–Kier alpha value is -3.74. The van der Waals surface area contributed by atoms with E-state index in [1.165, 1.54) is 18.2 Å². The predicted molar refractivity (Wildman–Crippen MR) is 97.8 cm³/mol. The molecule has 0 spiro atoms. The van der Waals surface area contributed by atoms with Gasteiger partial charge in [0, 0.05) is 17.7 Å². The van der Waals surface area contributed by atoms with E-state index in [4.69, 9.17) is 9.47 Å². The fourth-order valence-electron chi connectivity index (χ4n) is 2.46. The van der Waals surface area contributed by atoms with Crippen LogP contribution in [-0.2, 0) is 9.53 Å². The summed E-state index contributed by atoms with van der Waals surface area (Å²) in [6, 6.07) is 18.4. The van der Waals surface area contributed by atoms with Crippen molar-refractivity contribution in [2.45, 2.75) is 0 Å². The van der Waals surface area contributed by atoms with E-state index in [2.05, 4.69) is 0 Å². The van der Waals surface area contributed by atoms with E-state index in [-0.39, 0.29) is 17.9 Å². The number of hydrogen-bond donors (Lipinski definition) is 0. The minimum absolute atomic E-state index is 0.104. The zero-order chi connectivity index (χ0) is 19.2. The van der Waals surface area contributed by atoms with Gasteiger partial charge in [-0.15, -0.1) is 0 Å². The third-order valence-corrected chi connectivity index (χ3v) is 3.82. The minimum atomic E-state index is -0.707. The van der Waals surface area contributed by atoms with Gasteiger partial charge in [-0.25, -0.2) is 4.79 Å². The van der Waals surface area contributed by atoms with Gasteiger partial charge in [-0.05, 0) is 22.9 Å². The van der Waals surface area contributed by atoms with Gasteiger partial charge >= 0.3 is 5.97 Å². The van der Waals surface area contributed by atoms with Crippen LogP contribution in [0.4, 0.5) is 5.69 Å². The Labute approximate surface area is 154 Å². The largest absolute Gasteiger partial charge is 0.482 e. The monoisotopic (exact) mass is 365 g/mol. The summed E-state index contributed by atoms with van der Waals surface area (Å²) < 4.78 is 10.3. The van der Waals surface area contributed by atoms with Crippen molar-refractivity contribution in [3.05, 3.63) is 82.4 Å². The lowest BCUT2D eigenvalue weighted by molar-refractivity contribution is -0.384. The Morgan fingerprint density at radius 2 is 1.67 bits per heavy atom. The number of benzene rings is 3. The number of carbonyl (C=O) groups excluding carboxylic acids is 2. The standard InChI is InChI=1S/C20H15NO6/c22-19(16-6-3-7-17(10-16)21(24)25)12-27-20(23)13-26-18-9-8-14-4-1-2-5-15(14)11-18/h1-11H,12-13H2. The average Bonchev–Trinajstić information content (AvgIpc) is 2.70. The number of esters is 1. The molecule has 136 valence electrons. The highest BCUT2D eigenvalue weighted by atomic mass is 16.6. The Morgan fingerprint density at radius 1 is 0.889 bits per heavy atom. The van der Waals surface area contributed by atoms with Gasteiger partial charge in [0.25, 0.3) is 5.69 Å². The molecule has 0 saturated carbocycles. The van der Waals surface area contributed by atoms with E-state index in [9.17, 15) is 19.7 Å². The highest BCUT2D eigenvalue weighted by Gasteiger charge is 2.14. The number of non-ortho nitro benzene ring substituents is 1. The van der Waals surface area contributed by atoms with E-state index in [0.717, 1.165) is 16.8 Å². The topological polar surface area (TPSA) is 95.7 Å². The average molecular weight is 365 g/mol. The molecule has 7 nitrogen and oxygen atoms in total. The highest BCUT2D eigenvalue weighted by Crippen LogP contribution is 2.20. The number of rotatable bonds is 7. The number of fused-ring (bicyclic) bond motifs is 1. The Kier molecular flexibility index (Phi) is 5.41. The SMILES string of the molecule is O=C(COc1ccc2ccccc2c1)OCC(=O)c1cccc([N+](=O)[O-])c1. The predicted octanol–water partition coefficient (Wildman–Crippen LogP) is 3.55. The summed E-state index contributed by atoms with van der Waals surface area (Å²) in [5.41, 5.74) is -0.0979. The van der Waals surface area contributed by atoms with E-state index in [1.807, 2.05) is 30.3 Å². The van der Waals surface area contributed by atoms with Crippen molar-refractivity contribution in [3.8, 4) is 5.75 Å². The van der Waals surface area contributed by atoms with Crippen molar-refractivity contribution in [1.82, 2.24) is 0 Å². The fourth-order valence-corrected chi connectivity index (χ4v) is 2.46. The van der Waals surface area contributed by atoms with Crippen LogP contribution in [0.2, 0.25) is 0 Å². The van der Waals surface area contributed by atoms with E-state index >= 15 is 0 Å². The third kappa shape index (κ3) is 4.66. The maximum Gasteiger partial charge on any atom is 0.344 e. The second-order valence-electron chi connectivity index (χ2n) is 5.69. The molecule has 3 aromatic carbocycles. The first kappa shape index (κ1) is 18.1. The number of hydrogen-bond acceptors (Lipinski definition) is 6. The fraction of sp³-hybridized carbons (Fsp3) is 0.100. The smallest absolute Gasteiger partial charge is 0.344 e. The molecule has 0 N–H and O–H groups in total. The van der Waals surface area contributed by atoms with Crippen LogP contribution in [0.25, 0.3) is 10.8 Å². The second kappa shape index (κ2) is 8.09. The van der Waals surface area contributed by atoms with Crippen LogP contribution < -0.4 is 4.74 Å². The number of ether oxygens (including phenoxy) is 2. The molecule has 7 heteroatoms. The highest BCUT2D eigenvalue weighted by molar-refractivity contribution is 5.98. The summed E-state index contributed by atoms with van der Waals surface area (Å²) in [6.45, 7) is -0.859. The van der Waals surface area contributed by atoms with Crippen molar-refractivity contribution < 1.29 is 24.0 Å². The zero-order valence-corrected chi connectivity index (χ0v) is 14.2. The molecule has 0 aliphatic rings. The van der Waals surface area contributed by atoms with E-state index < -0.39 is 23.3 Å². The molecule has 27 heavy (non-hydrogen) atoms. The normalized spacial score (nSPS) is 10.4. The van der Waals surface area contributed by atoms with Crippen molar-refractivity contribution in [3.63, 3.8) is 0 Å². The Balaban J connectivity index is 1.52. The molecule has 0 aliphatic heterocycles. The van der Waals surface area contributed by atoms with Crippen LogP contribution >= 0.6 is 0 Å². The lowest BCUT2D eigenvalue weighted by atomic mass is 10.1. The van der Waals surface area contributed by atoms with Gasteiger partial charge in [0.2, 0.25) is 5.78 Å². The van der Waals surface area contributed by atoms with Gasteiger partial charge in [0.05, 0.1) is 4.92 Å². The zero-order valence-electron chi connectivity index (χ0n) is 14.2. The van der Waals surface area contributed by atoms with Gasteiger partial charge in [-0.2, -0.15) is 0 Å². The lowest BCUT2D eigenvalue weighted by Crippen LogP contribution is -2.19. The van der Waals surface area contributed by atoms with Crippen molar-refractivity contribution in [1.29, 1.82) is 0 Å². The molecule has 0 aliphatic carbocycles. The van der Waals surface area contributed by atoms with Crippen LogP contribution in [0, 0.1) is 10.1 Å². The summed E-state index contributed by atoms with van der Waals surface area (Å²) in [4.78, 5) is 33.9.